The van der Waals surface area contributed by atoms with Gasteiger partial charge in [-0.3, -0.25) is 42.4 Å². The molecule has 0 aliphatic carbocycles. The Morgan fingerprint density at radius 1 is 0.981 bits per heavy atom. The number of hydrogen-bond donors (Lipinski definition) is 9. The molecular formula is C27H48N6O19P2. The van der Waals surface area contributed by atoms with Crippen molar-refractivity contribution in [2.24, 2.45) is 0 Å². The van der Waals surface area contributed by atoms with Crippen LogP contribution in [0, 0.1) is 0 Å². The van der Waals surface area contributed by atoms with Crippen LogP contribution in [0.5, 0.6) is 0 Å². The average Bonchev–Trinajstić information content (AvgIpc) is 3.41. The Morgan fingerprint density at radius 3 is 2.19 bits per heavy atom. The Morgan fingerprint density at radius 2 is 1.63 bits per heavy atom. The number of ketones is 1. The van der Waals surface area contributed by atoms with Crippen molar-refractivity contribution in [3.8, 4) is 0 Å². The van der Waals surface area contributed by atoms with Gasteiger partial charge in [-0.1, -0.05) is 6.92 Å². The molecule has 2 aliphatic heterocycles. The number of Topliss-reactive ketones (excluding diaryl/α,β-unsaturated/α-hetero) is 1. The fourth-order valence-corrected chi connectivity index (χ4v) is 7.33. The summed E-state index contributed by atoms with van der Waals surface area (Å²) in [6, 6.07) is -0.480. The first-order valence-corrected chi connectivity index (χ1v) is 18.9. The zero-order chi connectivity index (χ0) is 40.8. The van der Waals surface area contributed by atoms with E-state index in [9.17, 15) is 53.8 Å². The topological polar surface area (TPSA) is 357 Å². The third kappa shape index (κ3) is 13.7. The standard InChI is InChI=1S/C21H35N5O17P2.C6H13NO2/c1-9(28)23-6-13(29)25-14-17(32)15(30)10(7-27)41-20(14)42-45(36,38-3)43-44(35,37-2)39-8-11-16(31)18(33)19(40-11)26-5-4-12(22)24-21(26)34;1-3-6(8)4-7-5-9-2/h4-5,10-11,14-20,27,30-33H,6-8H2,1-3H3,(H,23,28)(H,25,29)(H2,22,24,34);7H,3-5H2,1-2H3. The summed E-state index contributed by atoms with van der Waals surface area (Å²) in [4.78, 5) is 49.7. The summed E-state index contributed by atoms with van der Waals surface area (Å²) >= 11 is 0. The molecule has 0 radical (unpaired) electrons. The van der Waals surface area contributed by atoms with Crippen molar-refractivity contribution in [3.05, 3.63) is 22.7 Å². The van der Waals surface area contributed by atoms with Gasteiger partial charge in [-0.25, -0.2) is 13.9 Å². The molecule has 0 saturated carbocycles. The Kier molecular flexibility index (Phi) is 19.3. The lowest BCUT2D eigenvalue weighted by molar-refractivity contribution is -0.248. The maximum Gasteiger partial charge on any atom is 0.485 e. The summed E-state index contributed by atoms with van der Waals surface area (Å²) in [5.74, 6) is -1.37. The van der Waals surface area contributed by atoms with Crippen molar-refractivity contribution < 1.29 is 85.7 Å². The molecule has 0 spiro atoms. The van der Waals surface area contributed by atoms with Crippen molar-refractivity contribution in [1.29, 1.82) is 0 Å². The lowest BCUT2D eigenvalue weighted by Gasteiger charge is -2.42. The van der Waals surface area contributed by atoms with Gasteiger partial charge >= 0.3 is 21.3 Å². The van der Waals surface area contributed by atoms with Gasteiger partial charge in [0.05, 0.1) is 33.0 Å². The Hall–Kier alpha value is -2.81. The number of aliphatic hydroxyl groups is 5. The van der Waals surface area contributed by atoms with Gasteiger partial charge in [-0.05, 0) is 6.07 Å². The van der Waals surface area contributed by atoms with Gasteiger partial charge in [0.25, 0.3) is 0 Å². The van der Waals surface area contributed by atoms with Crippen LogP contribution in [-0.2, 0) is 60.1 Å². The van der Waals surface area contributed by atoms with E-state index in [-0.39, 0.29) is 11.6 Å². The first kappa shape index (κ1) is 47.3. The van der Waals surface area contributed by atoms with Crippen LogP contribution in [0.15, 0.2) is 17.1 Å². The molecule has 11 unspecified atom stereocenters. The number of phosphoric acid groups is 2. The van der Waals surface area contributed by atoms with Gasteiger partial charge in [0.1, 0.15) is 54.3 Å². The van der Waals surface area contributed by atoms with E-state index in [0.29, 0.717) is 19.7 Å². The number of hydrogen-bond acceptors (Lipinski definition) is 22. The van der Waals surface area contributed by atoms with Crippen molar-refractivity contribution in [3.63, 3.8) is 0 Å². The van der Waals surface area contributed by atoms with Crippen molar-refractivity contribution >= 4 is 39.1 Å². The number of nitrogens with one attached hydrogen (secondary N) is 3. The minimum atomic E-state index is -5.11. The van der Waals surface area contributed by atoms with E-state index in [1.807, 2.05) is 6.92 Å². The highest BCUT2D eigenvalue weighted by Crippen LogP contribution is 2.66. The highest BCUT2D eigenvalue weighted by molar-refractivity contribution is 7.62. The molecule has 0 bridgehead atoms. The molecule has 3 rings (SSSR count). The van der Waals surface area contributed by atoms with Gasteiger partial charge in [-0.15, -0.1) is 0 Å². The number of nitrogen functional groups attached to an aromatic ring is 1. The minimum absolute atomic E-state index is 0.109. The van der Waals surface area contributed by atoms with Crippen LogP contribution in [0.2, 0.25) is 0 Å². The Balaban J connectivity index is 0.000000990. The fraction of sp³-hybridized carbons (Fsp3) is 0.741. The van der Waals surface area contributed by atoms with Gasteiger partial charge in [0.15, 0.2) is 12.5 Å². The van der Waals surface area contributed by atoms with Gasteiger partial charge in [0, 0.05) is 40.9 Å². The summed E-state index contributed by atoms with van der Waals surface area (Å²) in [7, 11) is -6.90. The summed E-state index contributed by atoms with van der Waals surface area (Å²) in [5, 5.41) is 58.4. The minimum Gasteiger partial charge on any atom is -0.394 e. The number of carbonyl (C=O) groups is 3. The molecule has 0 aromatic carbocycles. The molecule has 25 nitrogen and oxygen atoms in total. The van der Waals surface area contributed by atoms with Crippen LogP contribution in [0.3, 0.4) is 0 Å². The van der Waals surface area contributed by atoms with Crippen LogP contribution in [-0.4, -0.2) is 156 Å². The van der Waals surface area contributed by atoms with E-state index in [1.54, 1.807) is 7.11 Å². The van der Waals surface area contributed by atoms with E-state index in [2.05, 4.69) is 25.7 Å². The predicted molar refractivity (Wildman–Crippen MR) is 180 cm³/mol. The third-order valence-electron chi connectivity index (χ3n) is 7.41. The molecule has 2 aliphatic rings. The van der Waals surface area contributed by atoms with E-state index >= 15 is 0 Å². The molecule has 2 amide bonds. The van der Waals surface area contributed by atoms with E-state index in [4.69, 9.17) is 37.6 Å². The lowest BCUT2D eigenvalue weighted by Crippen LogP contribution is -2.65. The monoisotopic (exact) mass is 822 g/mol. The quantitative estimate of drug-likeness (QED) is 0.0367. The van der Waals surface area contributed by atoms with Crippen molar-refractivity contribution in [2.75, 3.05) is 60.1 Å². The van der Waals surface area contributed by atoms with Crippen LogP contribution >= 0.6 is 15.6 Å². The molecule has 3 heterocycles. The van der Waals surface area contributed by atoms with E-state index < -0.39 is 108 Å². The normalized spacial score (nSPS) is 28.9. The smallest absolute Gasteiger partial charge is 0.394 e. The second-order valence-electron chi connectivity index (χ2n) is 11.3. The number of phosphoric ester groups is 2. The van der Waals surface area contributed by atoms with Crippen LogP contribution in [0.25, 0.3) is 0 Å². The SMILES string of the molecule is CCC(=O)CNCOC.COP(=O)(OCC1OC(n2ccc(N)nc2=O)C(O)C1O)OP(=O)(OC)OC1OC(CO)C(O)C(O)C1NC(=O)CNC(C)=O. The van der Waals surface area contributed by atoms with Crippen LogP contribution < -0.4 is 27.4 Å². The summed E-state index contributed by atoms with van der Waals surface area (Å²) in [5.41, 5.74) is 4.54. The van der Waals surface area contributed by atoms with Gasteiger partial charge in [0.2, 0.25) is 11.8 Å². The molecule has 1 aromatic rings. The third-order valence-corrected chi connectivity index (χ3v) is 10.8. The number of carbonyl (C=O) groups excluding carboxylic acids is 3. The number of nitrogens with zero attached hydrogens (tertiary/aromatic N) is 2. The maximum absolute atomic E-state index is 13.4. The second-order valence-corrected chi connectivity index (χ2v) is 14.9. The number of nitrogens with two attached hydrogens (primary N) is 1. The maximum atomic E-state index is 13.4. The Labute approximate surface area is 308 Å². The molecule has 11 atom stereocenters. The molecule has 27 heteroatoms. The second kappa shape index (κ2) is 22.1. The molecule has 2 fully saturated rings. The molecule has 310 valence electrons. The summed E-state index contributed by atoms with van der Waals surface area (Å²) in [6.45, 7) is 1.54. The molecule has 2 saturated heterocycles. The number of rotatable bonds is 19. The van der Waals surface area contributed by atoms with Crippen LogP contribution in [0.1, 0.15) is 26.5 Å². The number of ether oxygens (including phenoxy) is 3. The highest BCUT2D eigenvalue weighted by atomic mass is 31.3. The van der Waals surface area contributed by atoms with E-state index in [0.717, 1.165) is 31.9 Å². The van der Waals surface area contributed by atoms with Crippen molar-refractivity contribution in [1.82, 2.24) is 25.5 Å². The molecular weight excluding hydrogens is 774 g/mol. The molecule has 1 aromatic heterocycles. The Bertz CT molecular complexity index is 1540. The zero-order valence-electron chi connectivity index (χ0n) is 29.9. The van der Waals surface area contributed by atoms with Gasteiger partial charge < -0.3 is 56.1 Å². The molecule has 54 heavy (non-hydrogen) atoms. The first-order valence-electron chi connectivity index (χ1n) is 16.0. The number of methoxy groups -OCH3 is 1. The number of amides is 2. The number of anilines is 1. The highest BCUT2D eigenvalue weighted by Gasteiger charge is 2.51. The summed E-state index contributed by atoms with van der Waals surface area (Å²) < 4.78 is 67.8. The molecule has 10 N–H and O–H groups in total. The largest absolute Gasteiger partial charge is 0.485 e. The average molecular weight is 823 g/mol. The van der Waals surface area contributed by atoms with E-state index in [1.165, 1.54) is 6.07 Å². The predicted octanol–water partition coefficient (Wildman–Crippen LogP) is -3.78. The number of aromatic nitrogens is 2. The van der Waals surface area contributed by atoms with Gasteiger partial charge in [-0.2, -0.15) is 9.29 Å². The number of aliphatic hydroxyl groups excluding tert-OH is 5. The lowest BCUT2D eigenvalue weighted by atomic mass is 9.97. The van der Waals surface area contributed by atoms with Crippen molar-refractivity contribution in [2.45, 2.75) is 75.5 Å². The fourth-order valence-electron chi connectivity index (χ4n) is 4.52. The first-order chi connectivity index (χ1) is 25.4. The zero-order valence-corrected chi connectivity index (χ0v) is 31.7. The van der Waals surface area contributed by atoms with Crippen LogP contribution in [0.4, 0.5) is 5.82 Å². The summed E-state index contributed by atoms with van der Waals surface area (Å²) in [6.07, 6.45) is -11.8.